The molecule has 0 saturated carbocycles. The number of hydrogen-bond donors (Lipinski definition) is 1. The van der Waals surface area contributed by atoms with Crippen LogP contribution in [0.2, 0.25) is 0 Å². The van der Waals surface area contributed by atoms with Crippen LogP contribution in [0.4, 0.5) is 0 Å². The maximum absolute atomic E-state index is 11.6. The first-order valence-electron chi connectivity index (χ1n) is 5.10. The van der Waals surface area contributed by atoms with Gasteiger partial charge in [-0.3, -0.25) is 4.79 Å². The lowest BCUT2D eigenvalue weighted by Gasteiger charge is -2.06. The van der Waals surface area contributed by atoms with Crippen LogP contribution in [0.5, 0.6) is 0 Å². The van der Waals surface area contributed by atoms with Gasteiger partial charge in [0.1, 0.15) is 0 Å². The van der Waals surface area contributed by atoms with Crippen molar-refractivity contribution in [3.05, 3.63) is 35.9 Å². The van der Waals surface area contributed by atoms with E-state index in [1.54, 1.807) is 14.1 Å². The number of amides is 1. The molecule has 0 bridgehead atoms. The van der Waals surface area contributed by atoms with Crippen LogP contribution in [-0.4, -0.2) is 45.8 Å². The fourth-order valence-corrected chi connectivity index (χ4v) is 1.36. The molecular formula is C11H11N3O4. The first-order valence-corrected chi connectivity index (χ1v) is 5.10. The lowest BCUT2D eigenvalue weighted by atomic mass is 10.4. The van der Waals surface area contributed by atoms with Gasteiger partial charge in [0, 0.05) is 26.4 Å². The van der Waals surface area contributed by atoms with Crippen molar-refractivity contribution in [1.82, 2.24) is 14.7 Å². The van der Waals surface area contributed by atoms with Gasteiger partial charge in [-0.15, -0.1) is 0 Å². The van der Waals surface area contributed by atoms with E-state index in [0.717, 1.165) is 0 Å². The monoisotopic (exact) mass is 249 g/mol. The van der Waals surface area contributed by atoms with E-state index in [1.807, 2.05) is 0 Å². The lowest BCUT2D eigenvalue weighted by Crippen LogP contribution is -2.22. The van der Waals surface area contributed by atoms with Crippen LogP contribution in [0.3, 0.4) is 0 Å². The fraction of sp³-hybridized carbons (Fsp3) is 0.182. The van der Waals surface area contributed by atoms with Gasteiger partial charge < -0.3 is 14.4 Å². The molecule has 0 unspecified atom stereocenters. The summed E-state index contributed by atoms with van der Waals surface area (Å²) in [5, 5.41) is 12.7. The lowest BCUT2D eigenvalue weighted by molar-refractivity contribution is 0.0661. The Labute approximate surface area is 102 Å². The Bertz CT molecular complexity index is 597. The number of aromatic nitrogens is 2. The Morgan fingerprint density at radius 2 is 2.06 bits per heavy atom. The number of aromatic carboxylic acids is 1. The van der Waals surface area contributed by atoms with Gasteiger partial charge in [-0.05, 0) is 12.1 Å². The van der Waals surface area contributed by atoms with Gasteiger partial charge in [-0.2, -0.15) is 5.10 Å². The quantitative estimate of drug-likeness (QED) is 0.871. The van der Waals surface area contributed by atoms with Crippen molar-refractivity contribution in [3.63, 3.8) is 0 Å². The molecule has 18 heavy (non-hydrogen) atoms. The maximum atomic E-state index is 11.6. The molecule has 0 radical (unpaired) electrons. The molecule has 2 heterocycles. The standard InChI is InChI=1S/C11H11N3O4/c1-13(2)10(15)7-5-6-14(12-7)9-4-3-8(18-9)11(16)17/h3-6H,1-2H3,(H,16,17). The van der Waals surface area contributed by atoms with Gasteiger partial charge in [0.25, 0.3) is 5.91 Å². The molecule has 0 aromatic carbocycles. The smallest absolute Gasteiger partial charge is 0.371 e. The molecule has 2 aromatic rings. The summed E-state index contributed by atoms with van der Waals surface area (Å²) in [6, 6.07) is 4.33. The minimum Gasteiger partial charge on any atom is -0.475 e. The predicted octanol–water partition coefficient (Wildman–Crippen LogP) is 0.865. The second-order valence-electron chi connectivity index (χ2n) is 3.79. The van der Waals surface area contributed by atoms with E-state index < -0.39 is 5.97 Å². The number of carboxylic acids is 1. The fourth-order valence-electron chi connectivity index (χ4n) is 1.36. The van der Waals surface area contributed by atoms with Gasteiger partial charge >= 0.3 is 5.97 Å². The van der Waals surface area contributed by atoms with Crippen molar-refractivity contribution < 1.29 is 19.1 Å². The van der Waals surface area contributed by atoms with Crippen LogP contribution in [0.25, 0.3) is 5.88 Å². The summed E-state index contributed by atoms with van der Waals surface area (Å²) in [5.74, 6) is -1.33. The summed E-state index contributed by atoms with van der Waals surface area (Å²) in [6.07, 6.45) is 1.53. The normalized spacial score (nSPS) is 10.3. The molecular weight excluding hydrogens is 238 g/mol. The van der Waals surface area contributed by atoms with Crippen molar-refractivity contribution >= 4 is 11.9 Å². The van der Waals surface area contributed by atoms with Crippen molar-refractivity contribution in [2.75, 3.05) is 14.1 Å². The zero-order chi connectivity index (χ0) is 13.3. The third kappa shape index (κ3) is 2.10. The number of furan rings is 1. The zero-order valence-electron chi connectivity index (χ0n) is 9.82. The van der Waals surface area contributed by atoms with E-state index in [9.17, 15) is 9.59 Å². The maximum Gasteiger partial charge on any atom is 0.371 e. The van der Waals surface area contributed by atoms with Crippen LogP contribution in [0, 0.1) is 0 Å². The topological polar surface area (TPSA) is 88.6 Å². The number of nitrogens with zero attached hydrogens (tertiary/aromatic N) is 3. The third-order valence-corrected chi connectivity index (χ3v) is 2.24. The molecule has 2 rings (SSSR count). The highest BCUT2D eigenvalue weighted by Gasteiger charge is 2.14. The van der Waals surface area contributed by atoms with E-state index in [4.69, 9.17) is 9.52 Å². The van der Waals surface area contributed by atoms with Gasteiger partial charge in [-0.25, -0.2) is 9.48 Å². The average Bonchev–Trinajstić information content (AvgIpc) is 2.96. The van der Waals surface area contributed by atoms with E-state index in [0.29, 0.717) is 0 Å². The second kappa shape index (κ2) is 4.36. The van der Waals surface area contributed by atoms with Crippen molar-refractivity contribution in [2.45, 2.75) is 0 Å². The van der Waals surface area contributed by atoms with Gasteiger partial charge in [0.05, 0.1) is 0 Å². The Kier molecular flexibility index (Phi) is 2.88. The first-order chi connectivity index (χ1) is 8.49. The molecule has 7 heteroatoms. The van der Waals surface area contributed by atoms with Crippen molar-refractivity contribution in [1.29, 1.82) is 0 Å². The minimum absolute atomic E-state index is 0.180. The van der Waals surface area contributed by atoms with Crippen LogP contribution in [0.1, 0.15) is 21.0 Å². The van der Waals surface area contributed by atoms with Crippen LogP contribution in [-0.2, 0) is 0 Å². The molecule has 1 amide bonds. The summed E-state index contributed by atoms with van der Waals surface area (Å²) >= 11 is 0. The Morgan fingerprint density at radius 1 is 1.33 bits per heavy atom. The SMILES string of the molecule is CN(C)C(=O)c1ccn(-c2ccc(C(=O)O)o2)n1. The highest BCUT2D eigenvalue weighted by molar-refractivity contribution is 5.91. The number of hydrogen-bond acceptors (Lipinski definition) is 4. The Morgan fingerprint density at radius 3 is 2.61 bits per heavy atom. The highest BCUT2D eigenvalue weighted by atomic mass is 16.4. The third-order valence-electron chi connectivity index (χ3n) is 2.24. The van der Waals surface area contributed by atoms with Gasteiger partial charge in [0.15, 0.2) is 5.69 Å². The van der Waals surface area contributed by atoms with E-state index in [2.05, 4.69) is 5.10 Å². The number of carbonyl (C=O) groups excluding carboxylic acids is 1. The molecule has 0 fully saturated rings. The van der Waals surface area contributed by atoms with Gasteiger partial charge in [-0.1, -0.05) is 0 Å². The average molecular weight is 249 g/mol. The van der Waals surface area contributed by atoms with Crippen LogP contribution < -0.4 is 0 Å². The Hall–Kier alpha value is -2.57. The molecule has 0 aliphatic rings. The molecule has 94 valence electrons. The zero-order valence-corrected chi connectivity index (χ0v) is 9.82. The molecule has 7 nitrogen and oxygen atoms in total. The summed E-state index contributed by atoms with van der Waals surface area (Å²) in [5.41, 5.74) is 0.258. The number of carboxylic acid groups (broad SMARTS) is 1. The highest BCUT2D eigenvalue weighted by Crippen LogP contribution is 2.13. The molecule has 0 spiro atoms. The van der Waals surface area contributed by atoms with E-state index in [1.165, 1.54) is 34.0 Å². The molecule has 0 aliphatic carbocycles. The molecule has 0 aliphatic heterocycles. The second-order valence-corrected chi connectivity index (χ2v) is 3.79. The van der Waals surface area contributed by atoms with E-state index in [-0.39, 0.29) is 23.2 Å². The van der Waals surface area contributed by atoms with Crippen LogP contribution >= 0.6 is 0 Å². The summed E-state index contributed by atoms with van der Waals surface area (Å²) in [6.45, 7) is 0. The predicted molar refractivity (Wildman–Crippen MR) is 60.8 cm³/mol. The largest absolute Gasteiger partial charge is 0.475 e. The van der Waals surface area contributed by atoms with E-state index >= 15 is 0 Å². The summed E-state index contributed by atoms with van der Waals surface area (Å²) < 4.78 is 6.37. The summed E-state index contributed by atoms with van der Waals surface area (Å²) in [4.78, 5) is 23.7. The number of rotatable bonds is 3. The number of carbonyl (C=O) groups is 2. The van der Waals surface area contributed by atoms with Crippen molar-refractivity contribution in [2.24, 2.45) is 0 Å². The minimum atomic E-state index is -1.15. The molecule has 0 saturated heterocycles. The summed E-state index contributed by atoms with van der Waals surface area (Å²) in [7, 11) is 3.24. The van der Waals surface area contributed by atoms with Gasteiger partial charge in [0.2, 0.25) is 11.6 Å². The van der Waals surface area contributed by atoms with Crippen LogP contribution in [0.15, 0.2) is 28.8 Å². The molecule has 0 atom stereocenters. The van der Waals surface area contributed by atoms with Crippen molar-refractivity contribution in [3.8, 4) is 5.88 Å². The Balaban J connectivity index is 2.29. The molecule has 1 N–H and O–H groups in total. The molecule has 2 aromatic heterocycles. The first kappa shape index (κ1) is 11.9.